The number of rotatable bonds is 17. The third-order valence-electron chi connectivity index (χ3n) is 6.39. The van der Waals surface area contributed by atoms with Crippen LogP contribution in [0.15, 0.2) is 0 Å². The van der Waals surface area contributed by atoms with Gasteiger partial charge < -0.3 is 36.1 Å². The summed E-state index contributed by atoms with van der Waals surface area (Å²) in [6, 6.07) is -0.327. The number of carbonyl (C=O) groups is 4. The molecular formula is C27H51N5O6S2. The highest BCUT2D eigenvalue weighted by atomic mass is 32.2. The highest BCUT2D eigenvalue weighted by Crippen LogP contribution is 2.45. The van der Waals surface area contributed by atoms with Crippen LogP contribution < -0.4 is 26.6 Å². The van der Waals surface area contributed by atoms with Crippen molar-refractivity contribution in [3.05, 3.63) is 0 Å². The van der Waals surface area contributed by atoms with E-state index in [0.29, 0.717) is 39.2 Å². The van der Waals surface area contributed by atoms with Crippen molar-refractivity contribution >= 4 is 47.0 Å². The molecule has 0 aromatic rings. The molecule has 232 valence electrons. The molecule has 0 aliphatic heterocycles. The lowest BCUT2D eigenvalue weighted by Crippen LogP contribution is -2.50. The lowest BCUT2D eigenvalue weighted by molar-refractivity contribution is 0.0627. The maximum atomic E-state index is 12.4. The van der Waals surface area contributed by atoms with Gasteiger partial charge >= 0.3 is 18.2 Å². The minimum atomic E-state index is -0.472. The summed E-state index contributed by atoms with van der Waals surface area (Å²) in [6.45, 7) is 11.1. The molecule has 40 heavy (non-hydrogen) atoms. The van der Waals surface area contributed by atoms with Crippen LogP contribution in [0.2, 0.25) is 0 Å². The van der Waals surface area contributed by atoms with Gasteiger partial charge in [-0.25, -0.2) is 14.4 Å². The second kappa shape index (κ2) is 20.0. The van der Waals surface area contributed by atoms with E-state index in [0.717, 1.165) is 50.0 Å². The Labute approximate surface area is 248 Å². The number of nitrogens with one attached hydrogen (secondary N) is 5. The maximum Gasteiger partial charge on any atom is 0.407 e. The molecule has 2 unspecified atom stereocenters. The van der Waals surface area contributed by atoms with Crippen LogP contribution in [0, 0.1) is 10.8 Å². The van der Waals surface area contributed by atoms with Gasteiger partial charge in [0.1, 0.15) is 6.61 Å². The largest absolute Gasteiger partial charge is 0.449 e. The van der Waals surface area contributed by atoms with Gasteiger partial charge in [-0.15, -0.1) is 0 Å². The average molecular weight is 606 g/mol. The van der Waals surface area contributed by atoms with Gasteiger partial charge in [-0.1, -0.05) is 39.5 Å². The first-order valence-corrected chi connectivity index (χ1v) is 16.6. The Bertz CT molecular complexity index is 789. The Morgan fingerprint density at radius 1 is 0.825 bits per heavy atom. The van der Waals surface area contributed by atoms with E-state index in [9.17, 15) is 19.2 Å². The van der Waals surface area contributed by atoms with E-state index in [2.05, 4.69) is 47.4 Å². The van der Waals surface area contributed by atoms with Crippen molar-refractivity contribution in [3.8, 4) is 0 Å². The summed E-state index contributed by atoms with van der Waals surface area (Å²) in [5.74, 6) is 1.48. The third-order valence-corrected chi connectivity index (χ3v) is 7.87. The number of unbranched alkanes of at least 4 members (excludes halogenated alkanes) is 1. The van der Waals surface area contributed by atoms with Crippen molar-refractivity contribution in [2.75, 3.05) is 57.2 Å². The van der Waals surface area contributed by atoms with Crippen LogP contribution >= 0.6 is 23.5 Å². The van der Waals surface area contributed by atoms with Gasteiger partial charge in [0.2, 0.25) is 0 Å². The van der Waals surface area contributed by atoms with Crippen molar-refractivity contribution in [1.29, 1.82) is 0 Å². The molecule has 1 rings (SSSR count). The molecule has 13 heteroatoms. The van der Waals surface area contributed by atoms with Gasteiger partial charge in [0.15, 0.2) is 0 Å². The minimum absolute atomic E-state index is 0.00189. The summed E-state index contributed by atoms with van der Waals surface area (Å²) in [5, 5.41) is 14.2. The smallest absolute Gasteiger partial charge is 0.407 e. The molecule has 1 aliphatic rings. The topological polar surface area (TPSA) is 147 Å². The molecule has 1 saturated carbocycles. The van der Waals surface area contributed by atoms with Crippen molar-refractivity contribution in [2.24, 2.45) is 10.8 Å². The summed E-state index contributed by atoms with van der Waals surface area (Å²) in [5.41, 5.74) is -0.188. The average Bonchev–Trinajstić information content (AvgIpc) is 2.87. The molecule has 1 aliphatic carbocycles. The summed E-state index contributed by atoms with van der Waals surface area (Å²) >= 11 is 2.89. The lowest BCUT2D eigenvalue weighted by Gasteiger charge is -2.46. The SMILES string of the molecule is CCCNC(=O)SCCCCNC(=O)NCCCOC(=O)NC1CC(C)(C)CC(C)(CNC(=O)OCCSC)C1. The number of hydrogen-bond acceptors (Lipinski definition) is 8. The van der Waals surface area contributed by atoms with E-state index >= 15 is 0 Å². The van der Waals surface area contributed by atoms with Crippen LogP contribution in [0.1, 0.15) is 72.6 Å². The number of urea groups is 1. The normalized spacial score (nSPS) is 19.7. The molecular weight excluding hydrogens is 554 g/mol. The fourth-order valence-electron chi connectivity index (χ4n) is 5.01. The molecule has 0 bridgehead atoms. The van der Waals surface area contributed by atoms with Crippen molar-refractivity contribution < 1.29 is 28.7 Å². The number of hydrogen-bond donors (Lipinski definition) is 5. The summed E-state index contributed by atoms with van der Waals surface area (Å²) < 4.78 is 10.5. The van der Waals surface area contributed by atoms with Crippen LogP contribution in [0.4, 0.5) is 19.2 Å². The monoisotopic (exact) mass is 605 g/mol. The molecule has 0 aromatic heterocycles. The molecule has 0 radical (unpaired) electrons. The molecule has 0 saturated heterocycles. The quantitative estimate of drug-likeness (QED) is 0.150. The third kappa shape index (κ3) is 17.6. The predicted octanol–water partition coefficient (Wildman–Crippen LogP) is 4.71. The molecule has 5 N–H and O–H groups in total. The van der Waals surface area contributed by atoms with Crippen LogP contribution in [0.3, 0.4) is 0 Å². The van der Waals surface area contributed by atoms with Gasteiger partial charge in [-0.05, 0) is 62.0 Å². The minimum Gasteiger partial charge on any atom is -0.449 e. The summed E-state index contributed by atoms with van der Waals surface area (Å²) in [4.78, 5) is 47.8. The van der Waals surface area contributed by atoms with Crippen molar-refractivity contribution in [1.82, 2.24) is 26.6 Å². The van der Waals surface area contributed by atoms with Crippen LogP contribution in [0.25, 0.3) is 0 Å². The van der Waals surface area contributed by atoms with Gasteiger partial charge in [0, 0.05) is 43.7 Å². The van der Waals surface area contributed by atoms with Crippen LogP contribution in [-0.2, 0) is 9.47 Å². The molecule has 2 atom stereocenters. The first kappa shape index (κ1) is 36.0. The Morgan fingerprint density at radius 3 is 2.23 bits per heavy atom. The number of amides is 5. The highest BCUT2D eigenvalue weighted by Gasteiger charge is 2.42. The van der Waals surface area contributed by atoms with E-state index < -0.39 is 12.2 Å². The van der Waals surface area contributed by atoms with Crippen LogP contribution in [-0.4, -0.2) is 86.7 Å². The standard InChI is InChI=1S/C27H51N5O6S2/c1-6-10-30-25(36)40-15-8-7-11-28-22(33)29-12-9-13-37-24(35)32-21-17-26(2,3)19-27(4,18-21)20-31-23(34)38-14-16-39-5/h21H,6-20H2,1-5H3,(H,30,36)(H,31,34)(H,32,35)(H2,28,29,33). The molecule has 1 fully saturated rings. The number of thioether (sulfide) groups is 2. The van der Waals surface area contributed by atoms with Gasteiger partial charge in [-0.2, -0.15) is 11.8 Å². The van der Waals surface area contributed by atoms with E-state index in [1.54, 1.807) is 11.8 Å². The molecule has 5 amide bonds. The number of ether oxygens (including phenoxy) is 2. The summed E-state index contributed by atoms with van der Waals surface area (Å²) in [7, 11) is 0. The van der Waals surface area contributed by atoms with Gasteiger partial charge in [0.05, 0.1) is 6.61 Å². The second-order valence-electron chi connectivity index (χ2n) is 11.3. The Hall–Kier alpha value is -2.02. The van der Waals surface area contributed by atoms with E-state index in [1.807, 2.05) is 13.2 Å². The first-order chi connectivity index (χ1) is 19.0. The lowest BCUT2D eigenvalue weighted by atomic mass is 9.62. The Morgan fingerprint density at radius 2 is 1.52 bits per heavy atom. The maximum absolute atomic E-state index is 12.4. The fourth-order valence-corrected chi connectivity index (χ4v) is 5.99. The van der Waals surface area contributed by atoms with Crippen molar-refractivity contribution in [2.45, 2.75) is 78.7 Å². The van der Waals surface area contributed by atoms with E-state index in [-0.39, 0.29) is 34.7 Å². The molecule has 11 nitrogen and oxygen atoms in total. The predicted molar refractivity (Wildman–Crippen MR) is 163 cm³/mol. The van der Waals surface area contributed by atoms with Gasteiger partial charge in [0.25, 0.3) is 5.24 Å². The first-order valence-electron chi connectivity index (χ1n) is 14.2. The zero-order valence-electron chi connectivity index (χ0n) is 24.9. The summed E-state index contributed by atoms with van der Waals surface area (Å²) in [6.07, 6.45) is 6.60. The van der Waals surface area contributed by atoms with Gasteiger partial charge in [-0.3, -0.25) is 4.79 Å². The number of carbonyl (C=O) groups excluding carboxylic acids is 4. The fraction of sp³-hybridized carbons (Fsp3) is 0.852. The van der Waals surface area contributed by atoms with E-state index in [4.69, 9.17) is 9.47 Å². The second-order valence-corrected chi connectivity index (χ2v) is 13.4. The van der Waals surface area contributed by atoms with Crippen molar-refractivity contribution in [3.63, 3.8) is 0 Å². The molecule has 0 spiro atoms. The highest BCUT2D eigenvalue weighted by molar-refractivity contribution is 8.13. The Kier molecular flexibility index (Phi) is 18.0. The number of alkyl carbamates (subject to hydrolysis) is 2. The Balaban J connectivity index is 2.20. The molecule has 0 aromatic carbocycles. The van der Waals surface area contributed by atoms with Crippen LogP contribution in [0.5, 0.6) is 0 Å². The van der Waals surface area contributed by atoms with E-state index in [1.165, 1.54) is 11.8 Å². The zero-order chi connectivity index (χ0) is 29.9. The zero-order valence-corrected chi connectivity index (χ0v) is 26.6. The molecule has 0 heterocycles.